The zero-order chi connectivity index (χ0) is 28.4. The molecule has 39 heavy (non-hydrogen) atoms. The zero-order valence-electron chi connectivity index (χ0n) is 24.4. The Bertz CT molecular complexity index is 1090. The molecule has 3 N–H and O–H groups in total. The number of carboxylic acid groups (broad SMARTS) is 1. The summed E-state index contributed by atoms with van der Waals surface area (Å²) in [6.07, 6.45) is 9.43. The van der Waals surface area contributed by atoms with Crippen LogP contribution in [0.5, 0.6) is 0 Å². The Morgan fingerprint density at radius 3 is 2.44 bits per heavy atom. The summed E-state index contributed by atoms with van der Waals surface area (Å²) in [7, 11) is 1.05. The monoisotopic (exact) mass is 535 g/mol. The highest BCUT2D eigenvalue weighted by Gasteiger charge is 2.55. The van der Waals surface area contributed by atoms with Crippen LogP contribution < -0.4 is 10.6 Å². The second-order valence-corrected chi connectivity index (χ2v) is 13.0. The molecule has 2 amide bonds. The Kier molecular flexibility index (Phi) is 8.94. The molecule has 2 unspecified atom stereocenters. The average molecular weight is 536 g/mol. The second-order valence-electron chi connectivity index (χ2n) is 13.0. The van der Waals surface area contributed by atoms with Gasteiger partial charge < -0.3 is 15.3 Å². The van der Waals surface area contributed by atoms with E-state index in [9.17, 15) is 14.4 Å². The second kappa shape index (κ2) is 11.9. The van der Waals surface area contributed by atoms with Gasteiger partial charge >= 0.3 is 5.97 Å². The van der Waals surface area contributed by atoms with Crippen molar-refractivity contribution in [3.63, 3.8) is 0 Å². The fourth-order valence-corrected chi connectivity index (χ4v) is 7.05. The topological polar surface area (TPSA) is 98.7 Å². The van der Waals surface area contributed by atoms with Gasteiger partial charge in [0.1, 0.15) is 7.28 Å². The average Bonchev–Trinajstić information content (AvgIpc) is 3.18. The fraction of sp³-hybridized carbons (Fsp3) is 0.645. The molecule has 1 heterocycles. The fourth-order valence-electron chi connectivity index (χ4n) is 7.05. The molecule has 4 rings (SSSR count). The zero-order valence-corrected chi connectivity index (χ0v) is 24.4. The van der Waals surface area contributed by atoms with Crippen molar-refractivity contribution < 1.29 is 19.5 Å². The van der Waals surface area contributed by atoms with E-state index >= 15 is 0 Å². The summed E-state index contributed by atoms with van der Waals surface area (Å²) in [5.74, 6) is -0.0523. The number of nitrogens with zero attached hydrogens (tertiary/aromatic N) is 1. The molecule has 1 aromatic carbocycles. The minimum Gasteiger partial charge on any atom is -0.481 e. The Morgan fingerprint density at radius 2 is 1.85 bits per heavy atom. The number of aliphatic carboxylic acids is 1. The maximum atomic E-state index is 14.2. The lowest BCUT2D eigenvalue weighted by atomic mass is 9.65. The Balaban J connectivity index is 1.56. The van der Waals surface area contributed by atoms with Crippen molar-refractivity contribution in [1.82, 2.24) is 15.5 Å². The van der Waals surface area contributed by atoms with Crippen LogP contribution in [0.15, 0.2) is 35.8 Å². The first kappa shape index (κ1) is 29.4. The van der Waals surface area contributed by atoms with E-state index in [-0.39, 0.29) is 47.9 Å². The lowest BCUT2D eigenvalue weighted by Gasteiger charge is -2.48. The van der Waals surface area contributed by atoms with E-state index in [0.717, 1.165) is 57.8 Å². The van der Waals surface area contributed by atoms with Crippen LogP contribution in [0.4, 0.5) is 0 Å². The first-order valence-electron chi connectivity index (χ1n) is 14.8. The van der Waals surface area contributed by atoms with E-state index in [1.807, 2.05) is 12.1 Å². The number of hydrogen-bond donors (Lipinski definition) is 3. The standard InChI is InChI=1S/C31H46BN3O4/c1-20(21-9-11-22(12-10-21)28(38)33-18-15-26(36)37)35-29(39)27(23-7-6-8-25(19-23)32-5)34-31(35)16-13-24(14-17-31)30(2,3)4/h8-12,20,23-24,27,32,34H,6-7,13-19H2,1-5H3,(H,33,38)(H,36,37)/t20-,23?,24?,27?,31?/m1/s1. The number of benzene rings is 1. The largest absolute Gasteiger partial charge is 0.481 e. The summed E-state index contributed by atoms with van der Waals surface area (Å²) in [4.78, 5) is 39.6. The summed E-state index contributed by atoms with van der Waals surface area (Å²) in [6, 6.07) is 7.13. The lowest BCUT2D eigenvalue weighted by Crippen LogP contribution is -2.56. The molecule has 1 aliphatic heterocycles. The van der Waals surface area contributed by atoms with E-state index in [0.29, 0.717) is 17.4 Å². The smallest absolute Gasteiger partial charge is 0.305 e. The number of rotatable bonds is 8. The third kappa shape index (κ3) is 6.42. The first-order chi connectivity index (χ1) is 18.4. The molecule has 1 aromatic rings. The molecule has 0 radical (unpaired) electrons. The molecule has 8 heteroatoms. The minimum atomic E-state index is -0.942. The van der Waals surface area contributed by atoms with Crippen molar-refractivity contribution in [3.8, 4) is 0 Å². The number of carbonyl (C=O) groups excluding carboxylic acids is 2. The van der Waals surface area contributed by atoms with Gasteiger partial charge in [0.05, 0.1) is 24.2 Å². The van der Waals surface area contributed by atoms with Gasteiger partial charge in [0.2, 0.25) is 5.91 Å². The van der Waals surface area contributed by atoms with Gasteiger partial charge in [0, 0.05) is 12.1 Å². The third-order valence-electron chi connectivity index (χ3n) is 9.51. The molecule has 1 saturated heterocycles. The van der Waals surface area contributed by atoms with E-state index in [4.69, 9.17) is 5.11 Å². The number of carboxylic acids is 1. The molecule has 2 fully saturated rings. The van der Waals surface area contributed by atoms with Crippen molar-refractivity contribution >= 4 is 25.1 Å². The van der Waals surface area contributed by atoms with Crippen LogP contribution in [-0.2, 0) is 9.59 Å². The first-order valence-corrected chi connectivity index (χ1v) is 14.8. The van der Waals surface area contributed by atoms with Gasteiger partial charge in [0.15, 0.2) is 0 Å². The quantitative estimate of drug-likeness (QED) is 0.414. The van der Waals surface area contributed by atoms with E-state index in [2.05, 4.69) is 56.1 Å². The van der Waals surface area contributed by atoms with Crippen LogP contribution in [0.3, 0.4) is 0 Å². The predicted octanol–water partition coefficient (Wildman–Crippen LogP) is 4.85. The predicted molar refractivity (Wildman–Crippen MR) is 156 cm³/mol. The number of carbonyl (C=O) groups is 3. The van der Waals surface area contributed by atoms with Gasteiger partial charge in [-0.1, -0.05) is 45.8 Å². The lowest BCUT2D eigenvalue weighted by molar-refractivity contribution is -0.138. The molecule has 7 nitrogen and oxygen atoms in total. The molecule has 3 aliphatic rings. The van der Waals surface area contributed by atoms with Crippen molar-refractivity contribution in [2.45, 2.75) is 104 Å². The van der Waals surface area contributed by atoms with Gasteiger partial charge in [-0.15, -0.1) is 5.47 Å². The number of allylic oxidation sites excluding steroid dienone is 2. The molecule has 212 valence electrons. The minimum absolute atomic E-state index is 0.0931. The van der Waals surface area contributed by atoms with Crippen molar-refractivity contribution in [3.05, 3.63) is 46.9 Å². The van der Waals surface area contributed by atoms with Crippen LogP contribution in [0, 0.1) is 17.3 Å². The Labute approximate surface area is 234 Å². The molecule has 1 spiro atoms. The summed E-state index contributed by atoms with van der Waals surface area (Å²) in [5, 5.41) is 15.4. The SMILES string of the molecule is CBC1=CCCC(C2NC3(CCC(C(C)(C)C)CC3)N([C@H](C)c3ccc(C(=O)NCCC(=O)O)cc3)C2=O)C1. The van der Waals surface area contributed by atoms with E-state index in [1.165, 1.54) is 5.47 Å². The van der Waals surface area contributed by atoms with Crippen LogP contribution in [0.1, 0.15) is 101 Å². The number of hydrogen-bond acceptors (Lipinski definition) is 4. The maximum Gasteiger partial charge on any atom is 0.305 e. The summed E-state index contributed by atoms with van der Waals surface area (Å²) in [6.45, 7) is 11.4. The van der Waals surface area contributed by atoms with Gasteiger partial charge in [-0.3, -0.25) is 19.7 Å². The summed E-state index contributed by atoms with van der Waals surface area (Å²) >= 11 is 0. The van der Waals surface area contributed by atoms with Gasteiger partial charge in [-0.05, 0) is 86.8 Å². The van der Waals surface area contributed by atoms with E-state index in [1.54, 1.807) is 12.1 Å². The highest BCUT2D eigenvalue weighted by atomic mass is 16.4. The molecule has 1 saturated carbocycles. The van der Waals surface area contributed by atoms with Gasteiger partial charge in [0.25, 0.3) is 5.91 Å². The van der Waals surface area contributed by atoms with E-state index < -0.39 is 5.97 Å². The van der Waals surface area contributed by atoms with Crippen LogP contribution in [-0.4, -0.2) is 53.3 Å². The molecule has 3 atom stereocenters. The highest BCUT2D eigenvalue weighted by Crippen LogP contribution is 2.48. The normalized spacial score (nSPS) is 28.2. The summed E-state index contributed by atoms with van der Waals surface area (Å²) < 4.78 is 0. The Hall–Kier alpha value is -2.61. The highest BCUT2D eigenvalue weighted by molar-refractivity contribution is 6.43. The molecular formula is C31H46BN3O4. The number of amides is 2. The van der Waals surface area contributed by atoms with Crippen LogP contribution in [0.25, 0.3) is 0 Å². The molecule has 2 aliphatic carbocycles. The van der Waals surface area contributed by atoms with Crippen molar-refractivity contribution in [1.29, 1.82) is 0 Å². The number of nitrogens with one attached hydrogen (secondary N) is 2. The van der Waals surface area contributed by atoms with Crippen molar-refractivity contribution in [2.75, 3.05) is 6.54 Å². The molecule has 0 aromatic heterocycles. The third-order valence-corrected chi connectivity index (χ3v) is 9.51. The van der Waals surface area contributed by atoms with Gasteiger partial charge in [-0.2, -0.15) is 0 Å². The maximum absolute atomic E-state index is 14.2. The van der Waals surface area contributed by atoms with Crippen LogP contribution in [0.2, 0.25) is 6.82 Å². The Morgan fingerprint density at radius 1 is 1.18 bits per heavy atom. The molecule has 0 bridgehead atoms. The molecular weight excluding hydrogens is 489 g/mol. The van der Waals surface area contributed by atoms with Gasteiger partial charge in [-0.25, -0.2) is 0 Å². The van der Waals surface area contributed by atoms with Crippen LogP contribution >= 0.6 is 0 Å². The summed E-state index contributed by atoms with van der Waals surface area (Å²) in [5.41, 5.74) is 2.87. The van der Waals surface area contributed by atoms with Crippen molar-refractivity contribution in [2.24, 2.45) is 17.3 Å².